The summed E-state index contributed by atoms with van der Waals surface area (Å²) >= 11 is 3.08. The third-order valence-electron chi connectivity index (χ3n) is 6.13. The van der Waals surface area contributed by atoms with Crippen LogP contribution in [0.3, 0.4) is 0 Å². The predicted molar refractivity (Wildman–Crippen MR) is 147 cm³/mol. The molecule has 0 unspecified atom stereocenters. The molecule has 0 radical (unpaired) electrons. The van der Waals surface area contributed by atoms with Crippen LogP contribution in [-0.2, 0) is 11.4 Å². The zero-order valence-corrected chi connectivity index (χ0v) is 21.3. The van der Waals surface area contributed by atoms with Gasteiger partial charge in [-0.25, -0.2) is 9.10 Å². The lowest BCUT2D eigenvalue weighted by molar-refractivity contribution is -0.122. The SMILES string of the molecule is C.CCCC[C@@H]1CN(c2ccccc2)c2cc3c(cc2SN1C)-c1cc(C(=O)O)sc1CO3.O=CO. The molecular formula is C27H32N2O5S2. The van der Waals surface area contributed by atoms with Crippen molar-refractivity contribution >= 4 is 47.1 Å². The molecule has 7 nitrogen and oxygen atoms in total. The number of benzene rings is 2. The van der Waals surface area contributed by atoms with Crippen LogP contribution in [0.2, 0.25) is 0 Å². The Bertz CT molecular complexity index is 1200. The van der Waals surface area contributed by atoms with E-state index in [1.54, 1.807) is 18.0 Å². The van der Waals surface area contributed by atoms with Gasteiger partial charge >= 0.3 is 5.97 Å². The quantitative estimate of drug-likeness (QED) is 0.270. The Kier molecular flexibility index (Phi) is 9.42. The number of carboxylic acid groups (broad SMARTS) is 2. The maximum Gasteiger partial charge on any atom is 0.345 e. The molecule has 0 fully saturated rings. The second-order valence-electron chi connectivity index (χ2n) is 8.34. The Labute approximate surface area is 220 Å². The molecular weight excluding hydrogens is 496 g/mol. The van der Waals surface area contributed by atoms with E-state index < -0.39 is 5.97 Å². The number of fused-ring (bicyclic) bond motifs is 4. The van der Waals surface area contributed by atoms with Crippen molar-refractivity contribution in [2.24, 2.45) is 0 Å². The maximum atomic E-state index is 11.5. The number of ether oxygens (including phenoxy) is 1. The summed E-state index contributed by atoms with van der Waals surface area (Å²) in [5, 5.41) is 16.3. The lowest BCUT2D eigenvalue weighted by Gasteiger charge is -2.30. The largest absolute Gasteiger partial charge is 0.487 e. The molecule has 5 rings (SSSR count). The van der Waals surface area contributed by atoms with Crippen molar-refractivity contribution in [1.29, 1.82) is 0 Å². The van der Waals surface area contributed by atoms with Gasteiger partial charge in [-0.1, -0.05) is 45.4 Å². The first-order valence-corrected chi connectivity index (χ1v) is 13.0. The second kappa shape index (κ2) is 12.3. The van der Waals surface area contributed by atoms with Gasteiger partial charge in [0.1, 0.15) is 17.2 Å². The van der Waals surface area contributed by atoms with Gasteiger partial charge in [0, 0.05) is 40.4 Å². The normalized spacial score (nSPS) is 16.1. The summed E-state index contributed by atoms with van der Waals surface area (Å²) in [5.41, 5.74) is 4.28. The van der Waals surface area contributed by atoms with Crippen LogP contribution >= 0.6 is 23.3 Å². The Morgan fingerprint density at radius 3 is 2.58 bits per heavy atom. The molecule has 9 heteroatoms. The fourth-order valence-electron chi connectivity index (χ4n) is 4.39. The van der Waals surface area contributed by atoms with E-state index in [1.807, 2.05) is 6.07 Å². The summed E-state index contributed by atoms with van der Waals surface area (Å²) in [6.07, 6.45) is 3.52. The van der Waals surface area contributed by atoms with Crippen LogP contribution in [0.4, 0.5) is 11.4 Å². The number of likely N-dealkylation sites (N-methyl/N-ethyl adjacent to an activating group) is 1. The Hall–Kier alpha value is -3.01. The fraction of sp³-hybridized carbons (Fsp3) is 0.333. The Morgan fingerprint density at radius 1 is 1.19 bits per heavy atom. The molecule has 0 spiro atoms. The van der Waals surface area contributed by atoms with Crippen LogP contribution in [0.5, 0.6) is 5.75 Å². The topological polar surface area (TPSA) is 90.3 Å². The molecule has 3 heterocycles. The van der Waals surface area contributed by atoms with Crippen molar-refractivity contribution in [1.82, 2.24) is 4.31 Å². The van der Waals surface area contributed by atoms with Crippen molar-refractivity contribution in [3.63, 3.8) is 0 Å². The van der Waals surface area contributed by atoms with Crippen molar-refractivity contribution in [2.75, 3.05) is 18.5 Å². The van der Waals surface area contributed by atoms with Crippen LogP contribution in [0.25, 0.3) is 11.1 Å². The summed E-state index contributed by atoms with van der Waals surface area (Å²) in [6.45, 7) is 3.31. The van der Waals surface area contributed by atoms with E-state index in [0.29, 0.717) is 17.5 Å². The number of hydrogen-bond acceptors (Lipinski definition) is 7. The van der Waals surface area contributed by atoms with Gasteiger partial charge in [0.05, 0.1) is 10.6 Å². The van der Waals surface area contributed by atoms with E-state index in [1.165, 1.54) is 29.9 Å². The standard InChI is InChI=1S/C25H26N2O3S2.CH2O2.CH4/c1-3-4-8-17-14-27(16-9-6-5-7-10-16)20-13-21-18(11-22(20)32-26(17)2)19-12-23(25(28)29)31-24(19)15-30-21;2-1-3;/h5-7,9-13,17H,3-4,8,14-15H2,1-2H3,(H,28,29);1H,(H,2,3);1H4/t17-;;/m1../s1. The van der Waals surface area contributed by atoms with E-state index in [-0.39, 0.29) is 13.9 Å². The third kappa shape index (κ3) is 5.69. The minimum atomic E-state index is -0.885. The number of aromatic carboxylic acids is 1. The van der Waals surface area contributed by atoms with Crippen molar-refractivity contribution in [3.8, 4) is 16.9 Å². The summed E-state index contributed by atoms with van der Waals surface area (Å²) in [6, 6.07) is 17.1. The molecule has 3 aromatic rings. The van der Waals surface area contributed by atoms with Crippen LogP contribution in [0.1, 0.15) is 48.2 Å². The minimum Gasteiger partial charge on any atom is -0.487 e. The average Bonchev–Trinajstić information content (AvgIpc) is 3.25. The summed E-state index contributed by atoms with van der Waals surface area (Å²) in [7, 11) is 2.18. The van der Waals surface area contributed by atoms with E-state index in [2.05, 4.69) is 59.6 Å². The van der Waals surface area contributed by atoms with E-state index in [9.17, 15) is 9.90 Å². The summed E-state index contributed by atoms with van der Waals surface area (Å²) < 4.78 is 8.50. The molecule has 192 valence electrons. The van der Waals surface area contributed by atoms with Crippen LogP contribution in [0.15, 0.2) is 53.4 Å². The predicted octanol–water partition coefficient (Wildman–Crippen LogP) is 6.99. The lowest BCUT2D eigenvalue weighted by Crippen LogP contribution is -2.35. The monoisotopic (exact) mass is 528 g/mol. The number of carboxylic acids is 1. The second-order valence-corrected chi connectivity index (χ2v) is 10.7. The first-order valence-electron chi connectivity index (χ1n) is 11.4. The van der Waals surface area contributed by atoms with E-state index in [0.717, 1.165) is 45.3 Å². The highest BCUT2D eigenvalue weighted by Gasteiger charge is 2.31. The molecule has 2 aliphatic heterocycles. The smallest absolute Gasteiger partial charge is 0.345 e. The molecule has 1 aromatic heterocycles. The van der Waals surface area contributed by atoms with E-state index >= 15 is 0 Å². The van der Waals surface area contributed by atoms with E-state index in [4.69, 9.17) is 14.6 Å². The number of para-hydroxylation sites is 1. The average molecular weight is 529 g/mol. The summed E-state index contributed by atoms with van der Waals surface area (Å²) in [4.78, 5) is 24.8. The van der Waals surface area contributed by atoms with Gasteiger partial charge in [-0.15, -0.1) is 11.3 Å². The lowest BCUT2D eigenvalue weighted by atomic mass is 10.0. The van der Waals surface area contributed by atoms with Gasteiger partial charge in [0.2, 0.25) is 0 Å². The van der Waals surface area contributed by atoms with Crippen molar-refractivity contribution in [2.45, 2.75) is 51.2 Å². The molecule has 36 heavy (non-hydrogen) atoms. The number of hydrogen-bond donors (Lipinski definition) is 2. The number of nitrogens with zero attached hydrogens (tertiary/aromatic N) is 2. The van der Waals surface area contributed by atoms with Crippen molar-refractivity contribution < 1.29 is 24.5 Å². The molecule has 2 aromatic carbocycles. The van der Waals surface area contributed by atoms with Gasteiger partial charge < -0.3 is 19.8 Å². The summed E-state index contributed by atoms with van der Waals surface area (Å²) in [5.74, 6) is -0.0639. The molecule has 0 aliphatic carbocycles. The molecule has 0 saturated heterocycles. The highest BCUT2D eigenvalue weighted by Crippen LogP contribution is 2.49. The first-order chi connectivity index (χ1) is 17.0. The molecule has 1 atom stereocenters. The van der Waals surface area contributed by atoms with Crippen LogP contribution in [0, 0.1) is 0 Å². The number of rotatable bonds is 5. The molecule has 2 aliphatic rings. The zero-order chi connectivity index (χ0) is 24.9. The maximum absolute atomic E-state index is 11.5. The Balaban J connectivity index is 0.000000861. The minimum absolute atomic E-state index is 0. The molecule has 0 amide bonds. The highest BCUT2D eigenvalue weighted by molar-refractivity contribution is 7.97. The first kappa shape index (κ1) is 27.6. The van der Waals surface area contributed by atoms with Crippen molar-refractivity contribution in [3.05, 3.63) is 58.3 Å². The molecule has 0 saturated carbocycles. The molecule has 2 N–H and O–H groups in total. The van der Waals surface area contributed by atoms with Gasteiger partial charge in [-0.05, 0) is 49.7 Å². The Morgan fingerprint density at radius 2 is 1.92 bits per heavy atom. The molecule has 0 bridgehead atoms. The number of carbonyl (C=O) groups is 2. The van der Waals surface area contributed by atoms with Crippen LogP contribution in [-0.4, -0.2) is 46.6 Å². The fourth-order valence-corrected chi connectivity index (χ4v) is 6.39. The van der Waals surface area contributed by atoms with Gasteiger partial charge in [-0.2, -0.15) is 0 Å². The third-order valence-corrected chi connectivity index (χ3v) is 8.34. The zero-order valence-electron chi connectivity index (χ0n) is 19.6. The number of unbranched alkanes of at least 4 members (excludes halogenated alkanes) is 1. The number of anilines is 2. The van der Waals surface area contributed by atoms with Crippen LogP contribution < -0.4 is 9.64 Å². The highest BCUT2D eigenvalue weighted by atomic mass is 32.2. The van der Waals surface area contributed by atoms with Gasteiger partial charge in [0.25, 0.3) is 6.47 Å². The van der Waals surface area contributed by atoms with Gasteiger partial charge in [0.15, 0.2) is 0 Å². The number of thiophene rings is 1. The van der Waals surface area contributed by atoms with Gasteiger partial charge in [-0.3, -0.25) is 4.79 Å².